The molecule has 0 saturated heterocycles. The zero-order valence-electron chi connectivity index (χ0n) is 8.63. The van der Waals surface area contributed by atoms with Crippen molar-refractivity contribution in [3.05, 3.63) is 0 Å². The topological polar surface area (TPSA) is 47.6 Å². The van der Waals surface area contributed by atoms with Gasteiger partial charge in [-0.15, -0.1) is 0 Å². The van der Waals surface area contributed by atoms with Gasteiger partial charge in [0, 0.05) is 13.7 Å². The van der Waals surface area contributed by atoms with E-state index in [1.807, 2.05) is 13.8 Å². The third-order valence-electron chi connectivity index (χ3n) is 1.71. The zero-order valence-corrected chi connectivity index (χ0v) is 8.63. The average molecular weight is 189 g/mol. The van der Waals surface area contributed by atoms with Crippen LogP contribution in [0.2, 0.25) is 0 Å². The van der Waals surface area contributed by atoms with Gasteiger partial charge >= 0.3 is 6.09 Å². The molecule has 0 aliphatic rings. The van der Waals surface area contributed by atoms with Gasteiger partial charge in [0.15, 0.2) is 0 Å². The van der Waals surface area contributed by atoms with Crippen LogP contribution in [0, 0.1) is 0 Å². The first-order valence-corrected chi connectivity index (χ1v) is 4.64. The highest BCUT2D eigenvalue weighted by molar-refractivity contribution is 5.66. The van der Waals surface area contributed by atoms with E-state index in [2.05, 4.69) is 5.32 Å². The second-order valence-corrected chi connectivity index (χ2v) is 2.85. The Bertz CT molecular complexity index is 139. The smallest absolute Gasteiger partial charge is 0.407 e. The number of hydrogen-bond donors (Lipinski definition) is 1. The summed E-state index contributed by atoms with van der Waals surface area (Å²) in [5.74, 6) is 0. The molecule has 0 aliphatic heterocycles. The molecule has 0 aromatic rings. The molecule has 0 rings (SSSR count). The van der Waals surface area contributed by atoms with E-state index in [0.29, 0.717) is 13.2 Å². The normalized spacial score (nSPS) is 12.2. The van der Waals surface area contributed by atoms with Crippen molar-refractivity contribution in [2.75, 3.05) is 20.3 Å². The lowest BCUT2D eigenvalue weighted by Crippen LogP contribution is -2.24. The maximum Gasteiger partial charge on any atom is 0.407 e. The van der Waals surface area contributed by atoms with Crippen molar-refractivity contribution in [3.63, 3.8) is 0 Å². The third-order valence-corrected chi connectivity index (χ3v) is 1.71. The van der Waals surface area contributed by atoms with Crippen LogP contribution < -0.4 is 5.32 Å². The highest BCUT2D eigenvalue weighted by atomic mass is 16.5. The molecule has 0 aliphatic carbocycles. The minimum atomic E-state index is -0.340. The van der Waals surface area contributed by atoms with Crippen LogP contribution >= 0.6 is 0 Å². The fourth-order valence-electron chi connectivity index (χ4n) is 0.849. The van der Waals surface area contributed by atoms with Crippen molar-refractivity contribution in [1.82, 2.24) is 5.32 Å². The van der Waals surface area contributed by atoms with Gasteiger partial charge in [-0.1, -0.05) is 0 Å². The third kappa shape index (κ3) is 7.59. The Kier molecular flexibility index (Phi) is 7.39. The van der Waals surface area contributed by atoms with E-state index in [-0.39, 0.29) is 12.2 Å². The lowest BCUT2D eigenvalue weighted by atomic mass is 10.2. The Morgan fingerprint density at radius 3 is 2.77 bits per heavy atom. The summed E-state index contributed by atoms with van der Waals surface area (Å²) in [5.41, 5.74) is 0. The Morgan fingerprint density at radius 1 is 1.54 bits per heavy atom. The summed E-state index contributed by atoms with van der Waals surface area (Å²) < 4.78 is 9.92. The maximum absolute atomic E-state index is 10.8. The highest BCUT2D eigenvalue weighted by Gasteiger charge is 2.01. The van der Waals surface area contributed by atoms with Crippen molar-refractivity contribution in [2.24, 2.45) is 0 Å². The molecule has 1 atom stereocenters. The lowest BCUT2D eigenvalue weighted by Gasteiger charge is -2.09. The summed E-state index contributed by atoms with van der Waals surface area (Å²) in [6.45, 7) is 4.91. The van der Waals surface area contributed by atoms with Crippen LogP contribution in [0.25, 0.3) is 0 Å². The highest BCUT2D eigenvalue weighted by Crippen LogP contribution is 1.99. The van der Waals surface area contributed by atoms with Gasteiger partial charge in [-0.3, -0.25) is 0 Å². The molecule has 0 saturated carbocycles. The molecule has 1 amide bonds. The molecule has 0 radical (unpaired) electrons. The van der Waals surface area contributed by atoms with Gasteiger partial charge in [0.2, 0.25) is 0 Å². The van der Waals surface area contributed by atoms with Crippen LogP contribution in [0.3, 0.4) is 0 Å². The van der Waals surface area contributed by atoms with E-state index in [9.17, 15) is 4.79 Å². The summed E-state index contributed by atoms with van der Waals surface area (Å²) in [6, 6.07) is 0. The fourth-order valence-corrected chi connectivity index (χ4v) is 0.849. The van der Waals surface area contributed by atoms with E-state index >= 15 is 0 Å². The number of nitrogens with one attached hydrogen (secondary N) is 1. The van der Waals surface area contributed by atoms with Gasteiger partial charge in [0.25, 0.3) is 0 Å². The molecule has 4 heteroatoms. The monoisotopic (exact) mass is 189 g/mol. The van der Waals surface area contributed by atoms with E-state index < -0.39 is 0 Å². The number of rotatable bonds is 6. The number of methoxy groups -OCH3 is 1. The van der Waals surface area contributed by atoms with Crippen LogP contribution in [0.4, 0.5) is 4.79 Å². The second kappa shape index (κ2) is 7.86. The van der Waals surface area contributed by atoms with Crippen LogP contribution in [-0.4, -0.2) is 32.5 Å². The van der Waals surface area contributed by atoms with Crippen molar-refractivity contribution >= 4 is 6.09 Å². The van der Waals surface area contributed by atoms with Crippen LogP contribution in [0.1, 0.15) is 26.7 Å². The Labute approximate surface area is 79.6 Å². The predicted molar refractivity (Wildman–Crippen MR) is 50.7 cm³/mol. The van der Waals surface area contributed by atoms with Gasteiger partial charge in [0.05, 0.1) is 12.7 Å². The number of carbonyl (C=O) groups is 1. The van der Waals surface area contributed by atoms with Gasteiger partial charge in [-0.05, 0) is 26.7 Å². The summed E-state index contributed by atoms with van der Waals surface area (Å²) in [5, 5.41) is 2.56. The first kappa shape index (κ1) is 12.2. The van der Waals surface area contributed by atoms with Gasteiger partial charge in [0.1, 0.15) is 0 Å². The number of carbonyl (C=O) groups excluding carboxylic acids is 1. The molecule has 0 heterocycles. The Hall–Kier alpha value is -0.770. The van der Waals surface area contributed by atoms with Gasteiger partial charge < -0.3 is 14.8 Å². The van der Waals surface area contributed by atoms with Crippen molar-refractivity contribution in [2.45, 2.75) is 32.8 Å². The summed E-state index contributed by atoms with van der Waals surface area (Å²) >= 11 is 0. The largest absolute Gasteiger partial charge is 0.450 e. The molecule has 0 aromatic carbocycles. The standard InChI is InChI=1S/C9H19NO3/c1-4-10-9(11)13-7-5-6-8(2)12-3/h8H,4-7H2,1-3H3,(H,10,11). The van der Waals surface area contributed by atoms with E-state index in [1.54, 1.807) is 7.11 Å². The molecule has 78 valence electrons. The maximum atomic E-state index is 10.8. The zero-order chi connectivity index (χ0) is 10.1. The first-order chi connectivity index (χ1) is 6.20. The lowest BCUT2D eigenvalue weighted by molar-refractivity contribution is 0.0962. The van der Waals surface area contributed by atoms with Crippen LogP contribution in [0.5, 0.6) is 0 Å². The SMILES string of the molecule is CCNC(=O)OCCCC(C)OC. The van der Waals surface area contributed by atoms with Crippen LogP contribution in [-0.2, 0) is 9.47 Å². The minimum absolute atomic E-state index is 0.234. The first-order valence-electron chi connectivity index (χ1n) is 4.64. The number of alkyl carbamates (subject to hydrolysis) is 1. The second-order valence-electron chi connectivity index (χ2n) is 2.85. The molecule has 0 fully saturated rings. The molecule has 4 nitrogen and oxygen atoms in total. The van der Waals surface area contributed by atoms with Crippen LogP contribution in [0.15, 0.2) is 0 Å². The molecule has 1 N–H and O–H groups in total. The predicted octanol–water partition coefficient (Wildman–Crippen LogP) is 1.55. The fraction of sp³-hybridized carbons (Fsp3) is 0.889. The van der Waals surface area contributed by atoms with Crippen molar-refractivity contribution in [1.29, 1.82) is 0 Å². The summed E-state index contributed by atoms with van der Waals surface area (Å²) in [4.78, 5) is 10.8. The minimum Gasteiger partial charge on any atom is -0.450 e. The summed E-state index contributed by atoms with van der Waals surface area (Å²) in [6.07, 6.45) is 1.65. The Balaban J connectivity index is 3.20. The van der Waals surface area contributed by atoms with E-state index in [0.717, 1.165) is 12.8 Å². The molecule has 0 bridgehead atoms. The molecule has 0 aromatic heterocycles. The number of hydrogen-bond acceptors (Lipinski definition) is 3. The molecule has 1 unspecified atom stereocenters. The Morgan fingerprint density at radius 2 is 2.23 bits per heavy atom. The molecular weight excluding hydrogens is 170 g/mol. The van der Waals surface area contributed by atoms with Gasteiger partial charge in [-0.2, -0.15) is 0 Å². The van der Waals surface area contributed by atoms with Crippen molar-refractivity contribution in [3.8, 4) is 0 Å². The average Bonchev–Trinajstić information content (AvgIpc) is 2.12. The van der Waals surface area contributed by atoms with E-state index in [1.165, 1.54) is 0 Å². The number of ether oxygens (including phenoxy) is 2. The molecule has 0 spiro atoms. The van der Waals surface area contributed by atoms with E-state index in [4.69, 9.17) is 9.47 Å². The molecule has 13 heavy (non-hydrogen) atoms. The summed E-state index contributed by atoms with van der Waals surface area (Å²) in [7, 11) is 1.68. The van der Waals surface area contributed by atoms with Crippen molar-refractivity contribution < 1.29 is 14.3 Å². The number of amides is 1. The van der Waals surface area contributed by atoms with Gasteiger partial charge in [-0.25, -0.2) is 4.79 Å². The quantitative estimate of drug-likeness (QED) is 0.645. The molecular formula is C9H19NO3.